The van der Waals surface area contributed by atoms with Crippen molar-refractivity contribution in [2.75, 3.05) is 18.5 Å². The second kappa shape index (κ2) is 9.19. The zero-order valence-corrected chi connectivity index (χ0v) is 16.2. The lowest BCUT2D eigenvalue weighted by molar-refractivity contribution is -0.178. The van der Waals surface area contributed by atoms with Crippen molar-refractivity contribution in [3.8, 4) is 0 Å². The molecule has 1 aromatic rings. The average Bonchev–Trinajstić information content (AvgIpc) is 2.60. The van der Waals surface area contributed by atoms with Gasteiger partial charge in [-0.15, -0.1) is 0 Å². The Balaban J connectivity index is 2.27. The smallest absolute Gasteiger partial charge is 0.290 e. The normalized spacial score (nSPS) is 23.1. The van der Waals surface area contributed by atoms with Crippen LogP contribution < -0.4 is 5.32 Å². The van der Waals surface area contributed by atoms with E-state index < -0.39 is 6.29 Å². The topological polar surface area (TPSA) is 67.8 Å². The molecule has 1 aromatic carbocycles. The maximum absolute atomic E-state index is 12.7. The number of allylic oxidation sites excluding steroid dienone is 1. The van der Waals surface area contributed by atoms with Gasteiger partial charge in [-0.1, -0.05) is 39.0 Å². The molecular weight excluding hydrogens is 330 g/mol. The van der Waals surface area contributed by atoms with Gasteiger partial charge in [-0.25, -0.2) is 0 Å². The lowest BCUT2D eigenvalue weighted by Crippen LogP contribution is -2.42. The summed E-state index contributed by atoms with van der Waals surface area (Å²) in [5.41, 5.74) is 0.669. The summed E-state index contributed by atoms with van der Waals surface area (Å²) in [6.07, 6.45) is 2.91. The SMILES string of the molecule is CCO[C@H]1OC(C(=O)Nc2ccccc2)=C[C@@H](C(C)(C)C)[C@H]1CCCO. The minimum absolute atomic E-state index is 0.0580. The van der Waals surface area contributed by atoms with E-state index in [-0.39, 0.29) is 29.8 Å². The van der Waals surface area contributed by atoms with E-state index in [4.69, 9.17) is 9.47 Å². The Bertz CT molecular complexity index is 606. The summed E-state index contributed by atoms with van der Waals surface area (Å²) in [6.45, 7) is 9.02. The first kappa shape index (κ1) is 20.5. The fourth-order valence-electron chi connectivity index (χ4n) is 3.41. The van der Waals surface area contributed by atoms with E-state index in [0.29, 0.717) is 18.8 Å². The Hall–Kier alpha value is -1.85. The molecule has 2 N–H and O–H groups in total. The molecule has 0 aliphatic carbocycles. The molecule has 0 saturated carbocycles. The van der Waals surface area contributed by atoms with Gasteiger partial charge in [0.05, 0.1) is 0 Å². The van der Waals surface area contributed by atoms with Crippen LogP contribution >= 0.6 is 0 Å². The number of nitrogens with one attached hydrogen (secondary N) is 1. The second-order valence-electron chi connectivity index (χ2n) is 7.71. The lowest BCUT2D eigenvalue weighted by Gasteiger charge is -2.42. The molecule has 0 saturated heterocycles. The van der Waals surface area contributed by atoms with Crippen LogP contribution in [0.3, 0.4) is 0 Å². The van der Waals surface area contributed by atoms with E-state index in [9.17, 15) is 9.90 Å². The van der Waals surface area contributed by atoms with Crippen LogP contribution in [0.2, 0.25) is 0 Å². The van der Waals surface area contributed by atoms with Gasteiger partial charge in [0.15, 0.2) is 5.76 Å². The predicted molar refractivity (Wildman–Crippen MR) is 102 cm³/mol. The fraction of sp³-hybridized carbons (Fsp3) is 0.571. The Kier molecular flexibility index (Phi) is 7.23. The molecule has 3 atom stereocenters. The third-order valence-corrected chi connectivity index (χ3v) is 4.67. The number of benzene rings is 1. The summed E-state index contributed by atoms with van der Waals surface area (Å²) in [6, 6.07) is 9.33. The standard InChI is InChI=1S/C21H31NO4/c1-5-25-20-16(12-9-13-23)17(21(2,3)4)14-18(26-20)19(24)22-15-10-7-6-8-11-15/h6-8,10-11,14,16-17,20,23H,5,9,12-13H2,1-4H3,(H,22,24)/t16-,17-,20+/m1/s1. The molecule has 2 rings (SSSR count). The summed E-state index contributed by atoms with van der Waals surface area (Å²) in [5, 5.41) is 12.1. The van der Waals surface area contributed by atoms with Crippen LogP contribution in [0.1, 0.15) is 40.5 Å². The second-order valence-corrected chi connectivity index (χ2v) is 7.71. The van der Waals surface area contributed by atoms with Crippen LogP contribution in [0.15, 0.2) is 42.2 Å². The van der Waals surface area contributed by atoms with Gasteiger partial charge in [0.2, 0.25) is 6.29 Å². The number of carbonyl (C=O) groups excluding carboxylic acids is 1. The van der Waals surface area contributed by atoms with Gasteiger partial charge in [-0.3, -0.25) is 4.79 Å². The van der Waals surface area contributed by atoms with Crippen LogP contribution in [0.25, 0.3) is 0 Å². The number of rotatable bonds is 7. The summed E-state index contributed by atoms with van der Waals surface area (Å²) in [4.78, 5) is 12.7. The molecule has 0 unspecified atom stereocenters. The summed E-state index contributed by atoms with van der Waals surface area (Å²) in [5.74, 6) is 0.231. The Morgan fingerprint density at radius 1 is 1.27 bits per heavy atom. The Labute approximate surface area is 156 Å². The molecule has 0 aromatic heterocycles. The third-order valence-electron chi connectivity index (χ3n) is 4.67. The number of hydrogen-bond donors (Lipinski definition) is 2. The van der Waals surface area contributed by atoms with Crippen LogP contribution in [0.4, 0.5) is 5.69 Å². The molecule has 0 fully saturated rings. The van der Waals surface area contributed by atoms with Crippen molar-refractivity contribution < 1.29 is 19.4 Å². The minimum atomic E-state index is -0.489. The van der Waals surface area contributed by atoms with Crippen molar-refractivity contribution in [2.45, 2.75) is 46.8 Å². The molecule has 0 radical (unpaired) electrons. The molecule has 26 heavy (non-hydrogen) atoms. The maximum Gasteiger partial charge on any atom is 0.290 e. The van der Waals surface area contributed by atoms with E-state index in [0.717, 1.165) is 12.1 Å². The molecular formula is C21H31NO4. The Morgan fingerprint density at radius 2 is 1.96 bits per heavy atom. The van der Waals surface area contributed by atoms with Gasteiger partial charge in [-0.2, -0.15) is 0 Å². The number of para-hydroxylation sites is 1. The summed E-state index contributed by atoms with van der Waals surface area (Å²) < 4.78 is 11.8. The highest BCUT2D eigenvalue weighted by molar-refractivity contribution is 6.02. The number of carbonyl (C=O) groups is 1. The first-order chi connectivity index (χ1) is 12.4. The molecule has 144 valence electrons. The van der Waals surface area contributed by atoms with E-state index in [1.165, 1.54) is 0 Å². The molecule has 1 heterocycles. The van der Waals surface area contributed by atoms with E-state index in [1.807, 2.05) is 43.3 Å². The van der Waals surface area contributed by atoms with E-state index in [1.54, 1.807) is 0 Å². The highest BCUT2D eigenvalue weighted by Crippen LogP contribution is 2.42. The van der Waals surface area contributed by atoms with Crippen LogP contribution in [0, 0.1) is 17.3 Å². The zero-order valence-electron chi connectivity index (χ0n) is 16.2. The van der Waals surface area contributed by atoms with Gasteiger partial charge in [0.25, 0.3) is 5.91 Å². The van der Waals surface area contributed by atoms with Gasteiger partial charge >= 0.3 is 0 Å². The number of amides is 1. The number of aliphatic hydroxyl groups is 1. The summed E-state index contributed by atoms with van der Waals surface area (Å²) in [7, 11) is 0. The van der Waals surface area contributed by atoms with E-state index >= 15 is 0 Å². The number of anilines is 1. The van der Waals surface area contributed by atoms with E-state index in [2.05, 4.69) is 26.1 Å². The average molecular weight is 361 g/mol. The quantitative estimate of drug-likeness (QED) is 0.771. The highest BCUT2D eigenvalue weighted by atomic mass is 16.7. The largest absolute Gasteiger partial charge is 0.459 e. The minimum Gasteiger partial charge on any atom is -0.459 e. The molecule has 1 aliphatic rings. The zero-order chi connectivity index (χ0) is 19.2. The molecule has 0 bridgehead atoms. The van der Waals surface area contributed by atoms with Crippen molar-refractivity contribution in [3.05, 3.63) is 42.2 Å². The Morgan fingerprint density at radius 3 is 2.54 bits per heavy atom. The van der Waals surface area contributed by atoms with Crippen molar-refractivity contribution in [1.82, 2.24) is 0 Å². The number of ether oxygens (including phenoxy) is 2. The molecule has 1 amide bonds. The molecule has 1 aliphatic heterocycles. The van der Waals surface area contributed by atoms with Gasteiger partial charge in [-0.05, 0) is 49.3 Å². The number of aliphatic hydroxyl groups excluding tert-OH is 1. The summed E-state index contributed by atoms with van der Waals surface area (Å²) >= 11 is 0. The van der Waals surface area contributed by atoms with Gasteiger partial charge < -0.3 is 19.9 Å². The first-order valence-electron chi connectivity index (χ1n) is 9.34. The van der Waals surface area contributed by atoms with Crippen LogP contribution in [-0.2, 0) is 14.3 Å². The van der Waals surface area contributed by atoms with Crippen LogP contribution in [-0.4, -0.2) is 30.5 Å². The van der Waals surface area contributed by atoms with Crippen molar-refractivity contribution >= 4 is 11.6 Å². The molecule has 5 nitrogen and oxygen atoms in total. The van der Waals surface area contributed by atoms with Crippen LogP contribution in [0.5, 0.6) is 0 Å². The van der Waals surface area contributed by atoms with Crippen molar-refractivity contribution in [1.29, 1.82) is 0 Å². The van der Waals surface area contributed by atoms with Gasteiger partial charge in [0.1, 0.15) is 0 Å². The monoisotopic (exact) mass is 361 g/mol. The lowest BCUT2D eigenvalue weighted by atomic mass is 9.70. The van der Waals surface area contributed by atoms with Gasteiger partial charge in [0, 0.05) is 24.8 Å². The maximum atomic E-state index is 12.7. The highest BCUT2D eigenvalue weighted by Gasteiger charge is 2.42. The molecule has 0 spiro atoms. The van der Waals surface area contributed by atoms with Crippen molar-refractivity contribution in [2.24, 2.45) is 17.3 Å². The third kappa shape index (κ3) is 5.32. The number of hydrogen-bond acceptors (Lipinski definition) is 4. The fourth-order valence-corrected chi connectivity index (χ4v) is 3.41. The first-order valence-corrected chi connectivity index (χ1v) is 9.34. The predicted octanol–water partition coefficient (Wildman–Crippen LogP) is 3.95. The molecule has 5 heteroatoms. The van der Waals surface area contributed by atoms with Crippen molar-refractivity contribution in [3.63, 3.8) is 0 Å².